The third kappa shape index (κ3) is 4.61. The zero-order valence-electron chi connectivity index (χ0n) is 12.2. The second-order valence-corrected chi connectivity index (χ2v) is 5.40. The van der Waals surface area contributed by atoms with Crippen LogP contribution in [-0.2, 0) is 16.1 Å². The first-order valence-corrected chi connectivity index (χ1v) is 7.28. The molecule has 0 radical (unpaired) electrons. The van der Waals surface area contributed by atoms with Crippen LogP contribution < -0.4 is 10.6 Å². The van der Waals surface area contributed by atoms with Gasteiger partial charge in [-0.15, -0.1) is 0 Å². The van der Waals surface area contributed by atoms with Gasteiger partial charge in [0.15, 0.2) is 0 Å². The molecule has 0 unspecified atom stereocenters. The maximum absolute atomic E-state index is 12.0. The number of nitrogens with zero attached hydrogens (tertiary/aromatic N) is 2. The molecule has 1 aliphatic heterocycles. The fourth-order valence-electron chi connectivity index (χ4n) is 2.42. The van der Waals surface area contributed by atoms with E-state index in [2.05, 4.69) is 15.7 Å². The molecule has 2 rings (SSSR count). The van der Waals surface area contributed by atoms with Crippen LogP contribution in [0.1, 0.15) is 26.7 Å². The Balaban J connectivity index is 1.67. The van der Waals surface area contributed by atoms with E-state index in [0.29, 0.717) is 6.54 Å². The Morgan fingerprint density at radius 1 is 1.55 bits per heavy atom. The van der Waals surface area contributed by atoms with Gasteiger partial charge in [0.25, 0.3) is 0 Å². The average Bonchev–Trinajstić information content (AvgIpc) is 3.08. The van der Waals surface area contributed by atoms with Crippen LogP contribution in [0.15, 0.2) is 18.5 Å². The van der Waals surface area contributed by atoms with Gasteiger partial charge in [-0.25, -0.2) is 0 Å². The highest BCUT2D eigenvalue weighted by molar-refractivity contribution is 5.81. The van der Waals surface area contributed by atoms with Crippen LogP contribution in [0.2, 0.25) is 0 Å². The van der Waals surface area contributed by atoms with Gasteiger partial charge < -0.3 is 15.4 Å². The molecule has 1 aromatic rings. The lowest BCUT2D eigenvalue weighted by Gasteiger charge is -2.20. The summed E-state index contributed by atoms with van der Waals surface area (Å²) < 4.78 is 7.34. The smallest absolute Gasteiger partial charge is 0.236 e. The standard InChI is InChI=1S/C14H24N4O2/c1-11(10-18-7-4-6-16-18)17-12(2)14(19)15-9-13-5-3-8-20-13/h4,6-7,11-13,17H,3,5,8-10H2,1-2H3,(H,15,19)/t11-,12-,13-/m1/s1. The summed E-state index contributed by atoms with van der Waals surface area (Å²) in [6.07, 6.45) is 5.99. The van der Waals surface area contributed by atoms with Crippen molar-refractivity contribution in [3.63, 3.8) is 0 Å². The number of carbonyl (C=O) groups is 1. The quantitative estimate of drug-likeness (QED) is 0.765. The molecule has 1 amide bonds. The Hall–Kier alpha value is -1.40. The van der Waals surface area contributed by atoms with Crippen LogP contribution in [-0.4, -0.2) is 47.0 Å². The predicted molar refractivity (Wildman–Crippen MR) is 76.3 cm³/mol. The minimum atomic E-state index is -0.220. The van der Waals surface area contributed by atoms with Crippen molar-refractivity contribution >= 4 is 5.91 Å². The summed E-state index contributed by atoms with van der Waals surface area (Å²) in [7, 11) is 0. The lowest BCUT2D eigenvalue weighted by Crippen LogP contribution is -2.48. The predicted octanol–water partition coefficient (Wildman–Crippen LogP) is 0.545. The molecule has 3 atom stereocenters. The molecule has 0 bridgehead atoms. The Bertz CT molecular complexity index is 401. The number of carbonyl (C=O) groups excluding carboxylic acids is 1. The molecule has 0 aromatic carbocycles. The lowest BCUT2D eigenvalue weighted by molar-refractivity contribution is -0.123. The van der Waals surface area contributed by atoms with Crippen LogP contribution >= 0.6 is 0 Å². The lowest BCUT2D eigenvalue weighted by atomic mass is 10.2. The molecular weight excluding hydrogens is 256 g/mol. The minimum absolute atomic E-state index is 0.0211. The fraction of sp³-hybridized carbons (Fsp3) is 0.714. The van der Waals surface area contributed by atoms with Gasteiger partial charge >= 0.3 is 0 Å². The van der Waals surface area contributed by atoms with Crippen molar-refractivity contribution in [2.24, 2.45) is 0 Å². The average molecular weight is 280 g/mol. The van der Waals surface area contributed by atoms with Crippen LogP contribution in [0.5, 0.6) is 0 Å². The van der Waals surface area contributed by atoms with Gasteiger partial charge in [0.05, 0.1) is 18.7 Å². The van der Waals surface area contributed by atoms with E-state index < -0.39 is 0 Å². The van der Waals surface area contributed by atoms with Gasteiger partial charge in [-0.05, 0) is 32.8 Å². The number of amides is 1. The summed E-state index contributed by atoms with van der Waals surface area (Å²) >= 11 is 0. The molecule has 6 nitrogen and oxygen atoms in total. The van der Waals surface area contributed by atoms with E-state index >= 15 is 0 Å². The SMILES string of the molecule is C[C@H](Cn1cccn1)N[C@H](C)C(=O)NC[C@H]1CCCO1. The minimum Gasteiger partial charge on any atom is -0.376 e. The highest BCUT2D eigenvalue weighted by Crippen LogP contribution is 2.10. The van der Waals surface area contributed by atoms with Crippen LogP contribution in [0, 0.1) is 0 Å². The van der Waals surface area contributed by atoms with E-state index in [9.17, 15) is 4.79 Å². The van der Waals surface area contributed by atoms with Crippen molar-refractivity contribution in [1.82, 2.24) is 20.4 Å². The van der Waals surface area contributed by atoms with Crippen molar-refractivity contribution in [2.45, 2.75) is 51.4 Å². The molecule has 6 heteroatoms. The summed E-state index contributed by atoms with van der Waals surface area (Å²) in [5, 5.41) is 10.4. The topological polar surface area (TPSA) is 68.2 Å². The molecule has 0 aliphatic carbocycles. The van der Waals surface area contributed by atoms with Crippen molar-refractivity contribution in [3.05, 3.63) is 18.5 Å². The van der Waals surface area contributed by atoms with Crippen LogP contribution in [0.25, 0.3) is 0 Å². The highest BCUT2D eigenvalue weighted by atomic mass is 16.5. The van der Waals surface area contributed by atoms with Crippen LogP contribution in [0.3, 0.4) is 0 Å². The monoisotopic (exact) mass is 280 g/mol. The Labute approximate surface area is 119 Å². The van der Waals surface area contributed by atoms with Gasteiger partial charge in [-0.2, -0.15) is 5.10 Å². The summed E-state index contributed by atoms with van der Waals surface area (Å²) in [5.74, 6) is 0.0211. The van der Waals surface area contributed by atoms with Crippen molar-refractivity contribution in [3.8, 4) is 0 Å². The molecular formula is C14H24N4O2. The molecule has 112 valence electrons. The molecule has 0 spiro atoms. The van der Waals surface area contributed by atoms with Gasteiger partial charge in [0.1, 0.15) is 0 Å². The van der Waals surface area contributed by atoms with E-state index in [1.54, 1.807) is 6.20 Å². The Morgan fingerprint density at radius 2 is 2.40 bits per heavy atom. The zero-order valence-corrected chi connectivity index (χ0v) is 12.2. The van der Waals surface area contributed by atoms with Gasteiger partial charge in [0, 0.05) is 31.6 Å². The largest absolute Gasteiger partial charge is 0.376 e. The van der Waals surface area contributed by atoms with Crippen molar-refractivity contribution in [2.75, 3.05) is 13.2 Å². The van der Waals surface area contributed by atoms with E-state index in [1.807, 2.05) is 30.8 Å². The molecule has 2 N–H and O–H groups in total. The molecule has 1 aromatic heterocycles. The summed E-state index contributed by atoms with van der Waals surface area (Å²) in [4.78, 5) is 12.0. The maximum atomic E-state index is 12.0. The molecule has 2 heterocycles. The number of hydrogen-bond acceptors (Lipinski definition) is 4. The first kappa shape index (κ1) is 15.0. The number of ether oxygens (including phenoxy) is 1. The molecule has 20 heavy (non-hydrogen) atoms. The first-order chi connectivity index (χ1) is 9.65. The van der Waals surface area contributed by atoms with E-state index in [-0.39, 0.29) is 24.1 Å². The Morgan fingerprint density at radius 3 is 3.05 bits per heavy atom. The zero-order chi connectivity index (χ0) is 14.4. The fourth-order valence-corrected chi connectivity index (χ4v) is 2.42. The molecule has 0 saturated carbocycles. The third-order valence-corrected chi connectivity index (χ3v) is 3.48. The second kappa shape index (κ2) is 7.40. The number of hydrogen-bond donors (Lipinski definition) is 2. The number of aromatic nitrogens is 2. The number of rotatable bonds is 7. The summed E-state index contributed by atoms with van der Waals surface area (Å²) in [6.45, 7) is 6.10. The van der Waals surface area contributed by atoms with Gasteiger partial charge in [-0.1, -0.05) is 0 Å². The third-order valence-electron chi connectivity index (χ3n) is 3.48. The van der Waals surface area contributed by atoms with Crippen molar-refractivity contribution in [1.29, 1.82) is 0 Å². The highest BCUT2D eigenvalue weighted by Gasteiger charge is 2.19. The van der Waals surface area contributed by atoms with E-state index in [4.69, 9.17) is 4.74 Å². The summed E-state index contributed by atoms with van der Waals surface area (Å²) in [5.41, 5.74) is 0. The van der Waals surface area contributed by atoms with E-state index in [1.165, 1.54) is 0 Å². The summed E-state index contributed by atoms with van der Waals surface area (Å²) in [6, 6.07) is 1.85. The normalized spacial score (nSPS) is 21.6. The van der Waals surface area contributed by atoms with E-state index in [0.717, 1.165) is 26.0 Å². The van der Waals surface area contributed by atoms with Crippen molar-refractivity contribution < 1.29 is 9.53 Å². The van der Waals surface area contributed by atoms with Gasteiger partial charge in [0.2, 0.25) is 5.91 Å². The number of nitrogens with one attached hydrogen (secondary N) is 2. The maximum Gasteiger partial charge on any atom is 0.236 e. The van der Waals surface area contributed by atoms with Crippen LogP contribution in [0.4, 0.5) is 0 Å². The molecule has 1 fully saturated rings. The Kier molecular flexibility index (Phi) is 5.55. The van der Waals surface area contributed by atoms with Gasteiger partial charge in [-0.3, -0.25) is 9.48 Å². The first-order valence-electron chi connectivity index (χ1n) is 7.28. The molecule has 1 saturated heterocycles. The second-order valence-electron chi connectivity index (χ2n) is 5.40. The molecule has 1 aliphatic rings.